The molecule has 8 heteroatoms. The molecule has 0 saturated carbocycles. The SMILES string of the molecule is COc1cc(C2C(C#N)=C(N)Oc3c2ccn2cc(C)nc32)cc(OC)c1OC. The molecule has 1 aromatic carbocycles. The number of nitrogens with two attached hydrogens (primary N) is 1. The second kappa shape index (κ2) is 6.95. The molecule has 0 fully saturated rings. The Morgan fingerprint density at radius 1 is 1.17 bits per heavy atom. The molecule has 2 N–H and O–H groups in total. The van der Waals surface area contributed by atoms with Gasteiger partial charge >= 0.3 is 0 Å². The van der Waals surface area contributed by atoms with E-state index in [2.05, 4.69) is 11.1 Å². The van der Waals surface area contributed by atoms with Gasteiger partial charge in [-0.25, -0.2) is 4.98 Å². The fraction of sp³-hybridized carbons (Fsp3) is 0.238. The number of hydrogen-bond acceptors (Lipinski definition) is 7. The molecule has 0 aliphatic carbocycles. The van der Waals surface area contributed by atoms with Gasteiger partial charge in [0.25, 0.3) is 0 Å². The largest absolute Gasteiger partial charge is 0.493 e. The Bertz CT molecular complexity index is 1160. The maximum atomic E-state index is 9.81. The second-order valence-electron chi connectivity index (χ2n) is 6.60. The Labute approximate surface area is 167 Å². The molecular formula is C21H20N4O4. The van der Waals surface area contributed by atoms with Gasteiger partial charge in [0, 0.05) is 18.0 Å². The highest BCUT2D eigenvalue weighted by atomic mass is 16.5. The fourth-order valence-corrected chi connectivity index (χ4v) is 3.69. The van der Waals surface area contributed by atoms with Gasteiger partial charge < -0.3 is 29.1 Å². The lowest BCUT2D eigenvalue weighted by Crippen LogP contribution is -2.22. The van der Waals surface area contributed by atoms with E-state index in [4.69, 9.17) is 24.7 Å². The molecule has 0 radical (unpaired) electrons. The van der Waals surface area contributed by atoms with Crippen molar-refractivity contribution < 1.29 is 18.9 Å². The van der Waals surface area contributed by atoms with Crippen molar-refractivity contribution in [1.82, 2.24) is 9.38 Å². The van der Waals surface area contributed by atoms with E-state index in [0.717, 1.165) is 16.8 Å². The van der Waals surface area contributed by atoms with E-state index in [9.17, 15) is 5.26 Å². The normalized spacial score (nSPS) is 15.5. The third-order valence-corrected chi connectivity index (χ3v) is 4.95. The van der Waals surface area contributed by atoms with Crippen molar-refractivity contribution in [1.29, 1.82) is 5.26 Å². The lowest BCUT2D eigenvalue weighted by atomic mass is 9.83. The number of aromatic nitrogens is 2. The maximum absolute atomic E-state index is 9.81. The molecular weight excluding hydrogens is 372 g/mol. The summed E-state index contributed by atoms with van der Waals surface area (Å²) in [5.74, 6) is 1.55. The van der Waals surface area contributed by atoms with Crippen molar-refractivity contribution in [2.24, 2.45) is 5.73 Å². The van der Waals surface area contributed by atoms with E-state index in [-0.39, 0.29) is 5.88 Å². The first-order valence-corrected chi connectivity index (χ1v) is 8.88. The van der Waals surface area contributed by atoms with Gasteiger partial charge in [-0.05, 0) is 30.7 Å². The number of pyridine rings is 1. The molecule has 0 saturated heterocycles. The Morgan fingerprint density at radius 2 is 1.86 bits per heavy atom. The van der Waals surface area contributed by atoms with Gasteiger partial charge in [-0.1, -0.05) is 0 Å². The number of nitrogens with zero attached hydrogens (tertiary/aromatic N) is 3. The first kappa shape index (κ1) is 18.5. The van der Waals surface area contributed by atoms with Crippen LogP contribution < -0.4 is 24.7 Å². The van der Waals surface area contributed by atoms with Crippen molar-refractivity contribution in [2.75, 3.05) is 21.3 Å². The molecule has 3 aromatic rings. The molecule has 3 heterocycles. The summed E-state index contributed by atoms with van der Waals surface area (Å²) in [6.45, 7) is 1.90. The molecule has 0 amide bonds. The number of nitriles is 1. The smallest absolute Gasteiger partial charge is 0.205 e. The number of methoxy groups -OCH3 is 3. The minimum absolute atomic E-state index is 0.0486. The minimum Gasteiger partial charge on any atom is -0.493 e. The highest BCUT2D eigenvalue weighted by Crippen LogP contribution is 2.47. The Kier molecular flexibility index (Phi) is 4.43. The van der Waals surface area contributed by atoms with Crippen molar-refractivity contribution in [3.63, 3.8) is 0 Å². The Morgan fingerprint density at radius 3 is 2.45 bits per heavy atom. The van der Waals surface area contributed by atoms with Crippen LogP contribution in [0.5, 0.6) is 23.0 Å². The zero-order valence-electron chi connectivity index (χ0n) is 16.5. The second-order valence-corrected chi connectivity index (χ2v) is 6.60. The standard InChI is InChI=1S/C21H20N4O4/c1-11-10-25-6-5-13-17(14(9-22)20(23)29-18(13)21(25)24-11)12-7-15(26-2)19(28-4)16(8-12)27-3/h5-8,10,17H,23H2,1-4H3. The van der Waals surface area contributed by atoms with Crippen LogP contribution in [-0.2, 0) is 0 Å². The Hall–Kier alpha value is -3.86. The van der Waals surface area contributed by atoms with E-state index in [1.807, 2.05) is 41.9 Å². The molecule has 1 aliphatic rings. The van der Waals surface area contributed by atoms with Crippen LogP contribution in [0.4, 0.5) is 0 Å². The summed E-state index contributed by atoms with van der Waals surface area (Å²) in [5, 5.41) is 9.81. The summed E-state index contributed by atoms with van der Waals surface area (Å²) in [6, 6.07) is 7.72. The molecule has 4 rings (SSSR count). The van der Waals surface area contributed by atoms with Crippen molar-refractivity contribution in [3.05, 3.63) is 58.9 Å². The first-order chi connectivity index (χ1) is 14.0. The van der Waals surface area contributed by atoms with Gasteiger partial charge in [-0.3, -0.25) is 0 Å². The van der Waals surface area contributed by atoms with Gasteiger partial charge in [0.2, 0.25) is 11.6 Å². The van der Waals surface area contributed by atoms with Crippen LogP contribution in [0.25, 0.3) is 5.65 Å². The number of imidazole rings is 1. The van der Waals surface area contributed by atoms with Crippen LogP contribution in [0.3, 0.4) is 0 Å². The van der Waals surface area contributed by atoms with Crippen LogP contribution in [-0.4, -0.2) is 30.7 Å². The van der Waals surface area contributed by atoms with Gasteiger partial charge in [0.05, 0.1) is 32.9 Å². The summed E-state index contributed by atoms with van der Waals surface area (Å²) < 4.78 is 24.1. The molecule has 2 aromatic heterocycles. The Balaban J connectivity index is 2.00. The number of allylic oxidation sites excluding steroid dienone is 1. The summed E-state index contributed by atoms with van der Waals surface area (Å²) in [7, 11) is 4.64. The molecule has 148 valence electrons. The average molecular weight is 392 g/mol. The van der Waals surface area contributed by atoms with Crippen LogP contribution in [0.1, 0.15) is 22.7 Å². The van der Waals surface area contributed by atoms with Gasteiger partial charge in [-0.15, -0.1) is 0 Å². The zero-order chi connectivity index (χ0) is 20.7. The summed E-state index contributed by atoms with van der Waals surface area (Å²) >= 11 is 0. The van der Waals surface area contributed by atoms with Gasteiger partial charge in [0.15, 0.2) is 22.9 Å². The number of hydrogen-bond donors (Lipinski definition) is 1. The zero-order valence-corrected chi connectivity index (χ0v) is 16.5. The molecule has 0 spiro atoms. The monoisotopic (exact) mass is 392 g/mol. The molecule has 0 bridgehead atoms. The molecule has 29 heavy (non-hydrogen) atoms. The molecule has 1 aliphatic heterocycles. The fourth-order valence-electron chi connectivity index (χ4n) is 3.69. The maximum Gasteiger partial charge on any atom is 0.205 e. The van der Waals surface area contributed by atoms with Crippen LogP contribution in [0, 0.1) is 18.3 Å². The predicted molar refractivity (Wildman–Crippen MR) is 105 cm³/mol. The lowest BCUT2D eigenvalue weighted by Gasteiger charge is -2.27. The number of ether oxygens (including phenoxy) is 4. The molecule has 1 unspecified atom stereocenters. The topological polar surface area (TPSA) is 104 Å². The van der Waals surface area contributed by atoms with E-state index in [1.165, 1.54) is 0 Å². The van der Waals surface area contributed by atoms with E-state index >= 15 is 0 Å². The summed E-state index contributed by atoms with van der Waals surface area (Å²) in [6.07, 6.45) is 3.78. The molecule has 8 nitrogen and oxygen atoms in total. The molecule has 1 atom stereocenters. The van der Waals surface area contributed by atoms with E-state index < -0.39 is 5.92 Å². The highest BCUT2D eigenvalue weighted by Gasteiger charge is 2.34. The third-order valence-electron chi connectivity index (χ3n) is 4.95. The predicted octanol–water partition coefficient (Wildman–Crippen LogP) is 2.89. The summed E-state index contributed by atoms with van der Waals surface area (Å²) in [4.78, 5) is 4.54. The quantitative estimate of drug-likeness (QED) is 0.728. The van der Waals surface area contributed by atoms with Crippen LogP contribution in [0.2, 0.25) is 0 Å². The number of rotatable bonds is 4. The van der Waals surface area contributed by atoms with Crippen molar-refractivity contribution >= 4 is 5.65 Å². The number of fused-ring (bicyclic) bond motifs is 3. The van der Waals surface area contributed by atoms with E-state index in [0.29, 0.717) is 34.2 Å². The van der Waals surface area contributed by atoms with Crippen LogP contribution >= 0.6 is 0 Å². The lowest BCUT2D eigenvalue weighted by molar-refractivity contribution is 0.323. The number of benzene rings is 1. The van der Waals surface area contributed by atoms with Gasteiger partial charge in [0.1, 0.15) is 11.6 Å². The third kappa shape index (κ3) is 2.79. The highest BCUT2D eigenvalue weighted by molar-refractivity contribution is 5.67. The average Bonchev–Trinajstić information content (AvgIpc) is 3.12. The first-order valence-electron chi connectivity index (χ1n) is 8.88. The van der Waals surface area contributed by atoms with Crippen molar-refractivity contribution in [2.45, 2.75) is 12.8 Å². The number of aryl methyl sites for hydroxylation is 1. The van der Waals surface area contributed by atoms with E-state index in [1.54, 1.807) is 21.3 Å². The van der Waals surface area contributed by atoms with Gasteiger partial charge in [-0.2, -0.15) is 5.26 Å². The summed E-state index contributed by atoms with van der Waals surface area (Å²) in [5.41, 5.74) is 9.47. The van der Waals surface area contributed by atoms with Crippen molar-refractivity contribution in [3.8, 4) is 29.1 Å². The minimum atomic E-state index is -0.473. The van der Waals surface area contributed by atoms with Crippen LogP contribution in [0.15, 0.2) is 42.0 Å².